The Morgan fingerprint density at radius 2 is 2.17 bits per heavy atom. The average Bonchev–Trinajstić information content (AvgIpc) is 3.05. The normalized spacial score (nSPS) is 10.8. The molecule has 0 aliphatic rings. The zero-order valence-electron chi connectivity index (χ0n) is 12.9. The molecule has 0 aliphatic carbocycles. The van der Waals surface area contributed by atoms with Crippen LogP contribution in [0.1, 0.15) is 11.3 Å². The molecule has 1 N–H and O–H groups in total. The summed E-state index contributed by atoms with van der Waals surface area (Å²) in [6.45, 7) is 2.62. The summed E-state index contributed by atoms with van der Waals surface area (Å²) in [4.78, 5) is 12.2. The monoisotopic (exact) mass is 407 g/mol. The fraction of sp³-hybridized carbons (Fsp3) is 0.188. The van der Waals surface area contributed by atoms with E-state index < -0.39 is 0 Å². The molecule has 0 fully saturated rings. The van der Waals surface area contributed by atoms with Gasteiger partial charge in [0.25, 0.3) is 0 Å². The Labute approximate surface area is 152 Å². The lowest BCUT2D eigenvalue weighted by Gasteiger charge is -2.08. The van der Waals surface area contributed by atoms with E-state index in [1.807, 2.05) is 31.2 Å². The van der Waals surface area contributed by atoms with Crippen LogP contribution in [0, 0.1) is 6.92 Å². The van der Waals surface area contributed by atoms with Gasteiger partial charge < -0.3 is 5.32 Å². The molecule has 0 radical (unpaired) electrons. The van der Waals surface area contributed by atoms with Crippen LogP contribution < -0.4 is 5.32 Å². The lowest BCUT2D eigenvalue weighted by molar-refractivity contribution is -0.116. The average molecular weight is 409 g/mol. The largest absolute Gasteiger partial charge is 0.324 e. The van der Waals surface area contributed by atoms with Gasteiger partial charge in [0.2, 0.25) is 5.91 Å². The van der Waals surface area contributed by atoms with Gasteiger partial charge in [0.15, 0.2) is 0 Å². The van der Waals surface area contributed by atoms with Crippen LogP contribution in [0.25, 0.3) is 0 Å². The molecular weight excluding hydrogens is 394 g/mol. The zero-order valence-corrected chi connectivity index (χ0v) is 15.3. The van der Waals surface area contributed by atoms with Crippen LogP contribution in [0.2, 0.25) is 5.02 Å². The number of amides is 1. The standard InChI is InChI=1S/C16H15BrClN5O/c1-11-15(17)9-23(21-11)10-16(24)20-14-4-2-3-12(5-14)7-22-8-13(18)6-19-22/h2-6,8-9H,7,10H2,1H3,(H,20,24). The molecule has 8 heteroatoms. The van der Waals surface area contributed by atoms with Crippen LogP contribution in [0.15, 0.2) is 47.3 Å². The third-order valence-corrected chi connectivity index (χ3v) is 4.32. The van der Waals surface area contributed by atoms with Gasteiger partial charge in [0, 0.05) is 18.1 Å². The fourth-order valence-corrected chi connectivity index (χ4v) is 2.75. The minimum absolute atomic E-state index is 0.135. The van der Waals surface area contributed by atoms with E-state index in [4.69, 9.17) is 11.6 Å². The number of halogens is 2. The molecule has 2 heterocycles. The predicted octanol–water partition coefficient (Wildman–Crippen LogP) is 3.49. The number of nitrogens with zero attached hydrogens (tertiary/aromatic N) is 4. The van der Waals surface area contributed by atoms with Crippen LogP contribution >= 0.6 is 27.5 Å². The molecule has 0 atom stereocenters. The van der Waals surface area contributed by atoms with Crippen molar-refractivity contribution in [3.05, 3.63) is 63.6 Å². The second-order valence-electron chi connectivity index (χ2n) is 5.36. The van der Waals surface area contributed by atoms with Gasteiger partial charge in [0.1, 0.15) is 6.54 Å². The van der Waals surface area contributed by atoms with E-state index in [-0.39, 0.29) is 12.5 Å². The predicted molar refractivity (Wildman–Crippen MR) is 96.1 cm³/mol. The maximum absolute atomic E-state index is 12.2. The van der Waals surface area contributed by atoms with Gasteiger partial charge in [0.05, 0.1) is 27.9 Å². The molecule has 0 aliphatic heterocycles. The molecule has 0 bridgehead atoms. The molecule has 24 heavy (non-hydrogen) atoms. The van der Waals surface area contributed by atoms with Crippen molar-refractivity contribution in [3.63, 3.8) is 0 Å². The number of rotatable bonds is 5. The number of aromatic nitrogens is 4. The highest BCUT2D eigenvalue weighted by Gasteiger charge is 2.08. The molecule has 0 saturated heterocycles. The first kappa shape index (κ1) is 16.7. The van der Waals surface area contributed by atoms with Crippen molar-refractivity contribution in [1.82, 2.24) is 19.6 Å². The van der Waals surface area contributed by atoms with Gasteiger partial charge in [-0.15, -0.1) is 0 Å². The van der Waals surface area contributed by atoms with E-state index in [0.29, 0.717) is 11.6 Å². The van der Waals surface area contributed by atoms with Gasteiger partial charge in [-0.2, -0.15) is 10.2 Å². The van der Waals surface area contributed by atoms with Crippen molar-refractivity contribution in [2.45, 2.75) is 20.0 Å². The summed E-state index contributed by atoms with van der Waals surface area (Å²) >= 11 is 9.25. The van der Waals surface area contributed by atoms with Crippen molar-refractivity contribution in [2.24, 2.45) is 0 Å². The number of carbonyl (C=O) groups is 1. The summed E-state index contributed by atoms with van der Waals surface area (Å²) in [6, 6.07) is 7.63. The molecule has 2 aromatic heterocycles. The summed E-state index contributed by atoms with van der Waals surface area (Å²) in [6.07, 6.45) is 5.13. The number of benzene rings is 1. The topological polar surface area (TPSA) is 64.7 Å². The molecule has 0 saturated carbocycles. The Bertz CT molecular complexity index is 853. The van der Waals surface area contributed by atoms with Crippen LogP contribution in [-0.4, -0.2) is 25.5 Å². The van der Waals surface area contributed by atoms with E-state index in [9.17, 15) is 4.79 Å². The second-order valence-corrected chi connectivity index (χ2v) is 6.66. The Morgan fingerprint density at radius 1 is 1.33 bits per heavy atom. The van der Waals surface area contributed by atoms with Gasteiger partial charge in [-0.1, -0.05) is 23.7 Å². The van der Waals surface area contributed by atoms with Crippen molar-refractivity contribution in [3.8, 4) is 0 Å². The maximum atomic E-state index is 12.2. The lowest BCUT2D eigenvalue weighted by Crippen LogP contribution is -2.19. The lowest BCUT2D eigenvalue weighted by atomic mass is 10.2. The first-order valence-electron chi connectivity index (χ1n) is 7.26. The van der Waals surface area contributed by atoms with Crippen LogP contribution in [-0.2, 0) is 17.9 Å². The molecule has 0 spiro atoms. The molecule has 0 unspecified atom stereocenters. The Morgan fingerprint density at radius 3 is 2.83 bits per heavy atom. The third kappa shape index (κ3) is 4.24. The summed E-state index contributed by atoms with van der Waals surface area (Å²) in [7, 11) is 0. The van der Waals surface area contributed by atoms with Crippen molar-refractivity contribution in [2.75, 3.05) is 5.32 Å². The first-order valence-corrected chi connectivity index (χ1v) is 8.43. The van der Waals surface area contributed by atoms with Gasteiger partial charge in [-0.3, -0.25) is 14.2 Å². The maximum Gasteiger partial charge on any atom is 0.246 e. The quantitative estimate of drug-likeness (QED) is 0.703. The fourth-order valence-electron chi connectivity index (χ4n) is 2.28. The smallest absolute Gasteiger partial charge is 0.246 e. The van der Waals surface area contributed by atoms with Crippen LogP contribution in [0.3, 0.4) is 0 Å². The first-order chi connectivity index (χ1) is 11.5. The van der Waals surface area contributed by atoms with Crippen LogP contribution in [0.4, 0.5) is 5.69 Å². The van der Waals surface area contributed by atoms with Crippen molar-refractivity contribution in [1.29, 1.82) is 0 Å². The summed E-state index contributed by atoms with van der Waals surface area (Å²) < 4.78 is 4.23. The zero-order chi connectivity index (χ0) is 17.1. The Balaban J connectivity index is 1.64. The third-order valence-electron chi connectivity index (χ3n) is 3.35. The van der Waals surface area contributed by atoms with E-state index >= 15 is 0 Å². The van der Waals surface area contributed by atoms with E-state index in [2.05, 4.69) is 31.4 Å². The molecule has 3 aromatic rings. The van der Waals surface area contributed by atoms with Gasteiger partial charge in [-0.25, -0.2) is 0 Å². The van der Waals surface area contributed by atoms with E-state index in [0.717, 1.165) is 21.4 Å². The van der Waals surface area contributed by atoms with E-state index in [1.54, 1.807) is 28.0 Å². The molecule has 1 amide bonds. The van der Waals surface area contributed by atoms with Crippen molar-refractivity contribution < 1.29 is 4.79 Å². The van der Waals surface area contributed by atoms with Gasteiger partial charge in [-0.05, 0) is 40.5 Å². The Hall–Kier alpha value is -2.12. The highest BCUT2D eigenvalue weighted by Crippen LogP contribution is 2.15. The van der Waals surface area contributed by atoms with Crippen LogP contribution in [0.5, 0.6) is 0 Å². The number of carbonyl (C=O) groups excluding carboxylic acids is 1. The SMILES string of the molecule is Cc1nn(CC(=O)Nc2cccc(Cn3cc(Cl)cn3)c2)cc1Br. The number of anilines is 1. The summed E-state index contributed by atoms with van der Waals surface area (Å²) in [5.41, 5.74) is 2.60. The summed E-state index contributed by atoms with van der Waals surface area (Å²) in [5.74, 6) is -0.135. The highest BCUT2D eigenvalue weighted by molar-refractivity contribution is 9.10. The molecule has 1 aromatic carbocycles. The molecular formula is C16H15BrClN5O. The van der Waals surface area contributed by atoms with Crippen molar-refractivity contribution >= 4 is 39.1 Å². The molecule has 6 nitrogen and oxygen atoms in total. The second kappa shape index (κ2) is 7.19. The minimum atomic E-state index is -0.135. The number of hydrogen-bond acceptors (Lipinski definition) is 3. The number of nitrogens with one attached hydrogen (secondary N) is 1. The van der Waals surface area contributed by atoms with Gasteiger partial charge >= 0.3 is 0 Å². The number of hydrogen-bond donors (Lipinski definition) is 1. The summed E-state index contributed by atoms with van der Waals surface area (Å²) in [5, 5.41) is 11.9. The highest BCUT2D eigenvalue weighted by atomic mass is 79.9. The number of aryl methyl sites for hydroxylation is 1. The van der Waals surface area contributed by atoms with E-state index in [1.165, 1.54) is 0 Å². The molecule has 3 rings (SSSR count). The minimum Gasteiger partial charge on any atom is -0.324 e. The molecule has 124 valence electrons. The Kier molecular flexibility index (Phi) is 5.01.